The molecule has 0 aliphatic carbocycles. The summed E-state index contributed by atoms with van der Waals surface area (Å²) in [7, 11) is 2.10. The zero-order valence-corrected chi connectivity index (χ0v) is 11.1. The third kappa shape index (κ3) is 3.90. The second-order valence-corrected chi connectivity index (χ2v) is 4.77. The van der Waals surface area contributed by atoms with Crippen LogP contribution < -0.4 is 10.7 Å². The molecule has 0 spiro atoms. The summed E-state index contributed by atoms with van der Waals surface area (Å²) in [6, 6.07) is 6.25. The van der Waals surface area contributed by atoms with Crippen molar-refractivity contribution in [1.82, 2.24) is 15.3 Å². The molecule has 0 radical (unpaired) electrons. The number of halogens is 1. The van der Waals surface area contributed by atoms with Gasteiger partial charge in [0.1, 0.15) is 5.82 Å². The summed E-state index contributed by atoms with van der Waals surface area (Å²) < 4.78 is 13.0. The topological polar surface area (TPSA) is 30.5 Å². The van der Waals surface area contributed by atoms with E-state index in [-0.39, 0.29) is 5.82 Å². The molecular formula is C12H17FN4S. The Balaban J connectivity index is 1.82. The number of hydrazine groups is 1. The Morgan fingerprint density at radius 2 is 2.00 bits per heavy atom. The van der Waals surface area contributed by atoms with Crippen molar-refractivity contribution in [3.8, 4) is 0 Å². The van der Waals surface area contributed by atoms with Crippen molar-refractivity contribution in [3.63, 3.8) is 0 Å². The molecule has 1 aliphatic heterocycles. The van der Waals surface area contributed by atoms with Crippen LogP contribution in [-0.2, 0) is 0 Å². The van der Waals surface area contributed by atoms with E-state index in [0.29, 0.717) is 10.8 Å². The number of thiocarbonyl (C=S) groups is 1. The average molecular weight is 268 g/mol. The molecule has 1 aromatic carbocycles. The maximum Gasteiger partial charge on any atom is 0.185 e. The van der Waals surface area contributed by atoms with Crippen LogP contribution in [0.1, 0.15) is 0 Å². The number of piperazine rings is 1. The van der Waals surface area contributed by atoms with E-state index in [1.807, 2.05) is 0 Å². The lowest BCUT2D eigenvalue weighted by molar-refractivity contribution is 0.131. The first kappa shape index (κ1) is 13.2. The molecule has 0 bridgehead atoms. The molecule has 2 N–H and O–H groups in total. The second kappa shape index (κ2) is 6.08. The molecule has 2 rings (SSSR count). The van der Waals surface area contributed by atoms with Gasteiger partial charge in [-0.25, -0.2) is 9.40 Å². The van der Waals surface area contributed by atoms with Gasteiger partial charge in [0.15, 0.2) is 5.11 Å². The maximum absolute atomic E-state index is 13.0. The van der Waals surface area contributed by atoms with Crippen molar-refractivity contribution in [2.75, 3.05) is 38.5 Å². The molecule has 1 fully saturated rings. The molecular weight excluding hydrogens is 251 g/mol. The largest absolute Gasteiger partial charge is 0.332 e. The van der Waals surface area contributed by atoms with Crippen LogP contribution >= 0.6 is 12.2 Å². The smallest absolute Gasteiger partial charge is 0.185 e. The third-order valence-electron chi connectivity index (χ3n) is 2.85. The van der Waals surface area contributed by atoms with Gasteiger partial charge in [0.05, 0.1) is 0 Å². The zero-order valence-electron chi connectivity index (χ0n) is 10.3. The molecule has 0 atom stereocenters. The van der Waals surface area contributed by atoms with Crippen LogP contribution in [0.25, 0.3) is 0 Å². The third-order valence-corrected chi connectivity index (χ3v) is 3.04. The van der Waals surface area contributed by atoms with Crippen LogP contribution in [0.4, 0.5) is 10.1 Å². The summed E-state index contributed by atoms with van der Waals surface area (Å²) in [5.41, 5.74) is 3.77. The van der Waals surface area contributed by atoms with Gasteiger partial charge in [0.2, 0.25) is 0 Å². The number of nitrogens with zero attached hydrogens (tertiary/aromatic N) is 2. The Kier molecular flexibility index (Phi) is 4.46. The summed E-state index contributed by atoms with van der Waals surface area (Å²) in [4.78, 5) is 2.27. The normalized spacial score (nSPS) is 17.4. The van der Waals surface area contributed by atoms with E-state index in [4.69, 9.17) is 12.2 Å². The number of rotatable bonds is 2. The molecule has 1 aliphatic rings. The first-order valence-electron chi connectivity index (χ1n) is 5.90. The SMILES string of the molecule is CN1CCN(NC(=S)Nc2cccc(F)c2)CC1. The molecule has 1 saturated heterocycles. The summed E-state index contributed by atoms with van der Waals surface area (Å²) in [6.45, 7) is 3.86. The highest BCUT2D eigenvalue weighted by Gasteiger charge is 2.14. The standard InChI is InChI=1S/C12H17FN4S/c1-16-5-7-17(8-6-16)15-12(18)14-11-4-2-3-10(13)9-11/h2-4,9H,5-8H2,1H3,(H2,14,15,18). The summed E-state index contributed by atoms with van der Waals surface area (Å²) in [5.74, 6) is -0.276. The van der Waals surface area contributed by atoms with Gasteiger partial charge in [-0.05, 0) is 37.5 Å². The second-order valence-electron chi connectivity index (χ2n) is 4.37. The number of benzene rings is 1. The molecule has 0 saturated carbocycles. The van der Waals surface area contributed by atoms with Crippen molar-refractivity contribution >= 4 is 23.0 Å². The van der Waals surface area contributed by atoms with E-state index in [2.05, 4.69) is 27.7 Å². The van der Waals surface area contributed by atoms with E-state index in [9.17, 15) is 4.39 Å². The van der Waals surface area contributed by atoms with Gasteiger partial charge in [0, 0.05) is 31.9 Å². The number of likely N-dealkylation sites (N-methyl/N-ethyl adjacent to an activating group) is 1. The predicted octanol–water partition coefficient (Wildman–Crippen LogP) is 1.27. The molecule has 98 valence electrons. The van der Waals surface area contributed by atoms with Gasteiger partial charge in [0.25, 0.3) is 0 Å². The predicted molar refractivity (Wildman–Crippen MR) is 74.8 cm³/mol. The lowest BCUT2D eigenvalue weighted by Crippen LogP contribution is -2.53. The van der Waals surface area contributed by atoms with Gasteiger partial charge >= 0.3 is 0 Å². The van der Waals surface area contributed by atoms with Crippen LogP contribution in [0.15, 0.2) is 24.3 Å². The Bertz CT molecular complexity index is 418. The zero-order chi connectivity index (χ0) is 13.0. The molecule has 0 aromatic heterocycles. The fourth-order valence-electron chi connectivity index (χ4n) is 1.79. The maximum atomic E-state index is 13.0. The van der Waals surface area contributed by atoms with Crippen molar-refractivity contribution in [1.29, 1.82) is 0 Å². The summed E-state index contributed by atoms with van der Waals surface area (Å²) in [5, 5.41) is 5.52. The van der Waals surface area contributed by atoms with Crippen LogP contribution in [0, 0.1) is 5.82 Å². The monoisotopic (exact) mass is 268 g/mol. The fraction of sp³-hybridized carbons (Fsp3) is 0.417. The minimum absolute atomic E-state index is 0.276. The first-order valence-corrected chi connectivity index (χ1v) is 6.31. The molecule has 1 aromatic rings. The molecule has 0 unspecified atom stereocenters. The van der Waals surface area contributed by atoms with Gasteiger partial charge < -0.3 is 10.2 Å². The highest BCUT2D eigenvalue weighted by molar-refractivity contribution is 7.80. The Labute approximate surface area is 112 Å². The van der Waals surface area contributed by atoms with Gasteiger partial charge in [-0.2, -0.15) is 0 Å². The fourth-order valence-corrected chi connectivity index (χ4v) is 2.03. The number of nitrogens with one attached hydrogen (secondary N) is 2. The molecule has 1 heterocycles. The Morgan fingerprint density at radius 1 is 1.28 bits per heavy atom. The van der Waals surface area contributed by atoms with E-state index in [0.717, 1.165) is 26.2 Å². The lowest BCUT2D eigenvalue weighted by atomic mass is 10.3. The van der Waals surface area contributed by atoms with Crippen molar-refractivity contribution in [2.24, 2.45) is 0 Å². The van der Waals surface area contributed by atoms with Gasteiger partial charge in [-0.1, -0.05) is 6.07 Å². The number of hydrogen-bond donors (Lipinski definition) is 2. The minimum atomic E-state index is -0.276. The number of hydrogen-bond acceptors (Lipinski definition) is 3. The van der Waals surface area contributed by atoms with E-state index in [1.165, 1.54) is 12.1 Å². The van der Waals surface area contributed by atoms with Crippen LogP contribution in [0.2, 0.25) is 0 Å². The molecule has 4 nitrogen and oxygen atoms in total. The highest BCUT2D eigenvalue weighted by Crippen LogP contribution is 2.08. The minimum Gasteiger partial charge on any atom is -0.332 e. The van der Waals surface area contributed by atoms with Gasteiger partial charge in [-0.3, -0.25) is 5.43 Å². The van der Waals surface area contributed by atoms with Crippen molar-refractivity contribution in [2.45, 2.75) is 0 Å². The van der Waals surface area contributed by atoms with Crippen LogP contribution in [0.3, 0.4) is 0 Å². The number of anilines is 1. The van der Waals surface area contributed by atoms with Crippen LogP contribution in [0.5, 0.6) is 0 Å². The van der Waals surface area contributed by atoms with Crippen LogP contribution in [-0.4, -0.2) is 48.2 Å². The van der Waals surface area contributed by atoms with Gasteiger partial charge in [-0.15, -0.1) is 0 Å². The average Bonchev–Trinajstić information content (AvgIpc) is 2.32. The Morgan fingerprint density at radius 3 is 2.67 bits per heavy atom. The highest BCUT2D eigenvalue weighted by atomic mass is 32.1. The Hall–Kier alpha value is -1.24. The van der Waals surface area contributed by atoms with E-state index < -0.39 is 0 Å². The molecule has 6 heteroatoms. The van der Waals surface area contributed by atoms with Crippen molar-refractivity contribution in [3.05, 3.63) is 30.1 Å². The first-order chi connectivity index (χ1) is 8.63. The summed E-state index contributed by atoms with van der Waals surface area (Å²) in [6.07, 6.45) is 0. The molecule has 0 amide bonds. The van der Waals surface area contributed by atoms with E-state index >= 15 is 0 Å². The quantitative estimate of drug-likeness (QED) is 0.789. The van der Waals surface area contributed by atoms with Crippen molar-refractivity contribution < 1.29 is 4.39 Å². The lowest BCUT2D eigenvalue weighted by Gasteiger charge is -2.33. The molecule has 18 heavy (non-hydrogen) atoms. The van der Waals surface area contributed by atoms with E-state index in [1.54, 1.807) is 12.1 Å². The summed E-state index contributed by atoms with van der Waals surface area (Å²) >= 11 is 5.19.